The summed E-state index contributed by atoms with van der Waals surface area (Å²) in [4.78, 5) is 2.44. The molecule has 0 saturated heterocycles. The highest BCUT2D eigenvalue weighted by Gasteiger charge is 2.19. The molecule has 2 nitrogen and oxygen atoms in total. The van der Waals surface area contributed by atoms with E-state index in [0.29, 0.717) is 0 Å². The average Bonchev–Trinajstić information content (AvgIpc) is 3.76. The van der Waals surface area contributed by atoms with Crippen LogP contribution < -0.4 is 4.90 Å². The highest BCUT2D eigenvalue weighted by Crippen LogP contribution is 2.44. The largest absolute Gasteiger partial charge is 0.310 e. The van der Waals surface area contributed by atoms with Gasteiger partial charge in [0.25, 0.3) is 0 Å². The van der Waals surface area contributed by atoms with Crippen molar-refractivity contribution in [2.75, 3.05) is 4.90 Å². The number of hydrogen-bond acceptors (Lipinski definition) is 2. The van der Waals surface area contributed by atoms with Crippen molar-refractivity contribution >= 4 is 91.9 Å². The molecule has 0 bridgehead atoms. The summed E-state index contributed by atoms with van der Waals surface area (Å²) in [6.07, 6.45) is 0. The number of aromatic nitrogens is 1. The summed E-state index contributed by atoms with van der Waals surface area (Å²) in [6, 6.07) is 71.1. The van der Waals surface area contributed by atoms with Crippen molar-refractivity contribution in [3.05, 3.63) is 194 Å². The summed E-state index contributed by atoms with van der Waals surface area (Å²) < 4.78 is 5.02. The van der Waals surface area contributed by atoms with Gasteiger partial charge in [-0.3, -0.25) is 0 Å². The standard InChI is InChI=1S/C50H32N2S/c1-4-19-40-33(13-1)15-12-25-46(40)51(37-27-28-44-43-22-7-10-26-49(43)53-50(44)32-37)36-17-11-16-35(29-36)45-31-38(30-34-14-2-3-18-39(34)45)52-47-23-8-5-20-41(47)42-21-6-9-24-48(42)52/h1-32H. The van der Waals surface area contributed by atoms with Crippen LogP contribution in [0.15, 0.2) is 194 Å². The smallest absolute Gasteiger partial charge is 0.0541 e. The lowest BCUT2D eigenvalue weighted by molar-refractivity contribution is 1.19. The molecular weight excluding hydrogens is 661 g/mol. The van der Waals surface area contributed by atoms with E-state index in [1.54, 1.807) is 0 Å². The Bertz CT molecular complexity index is 3140. The fraction of sp³-hybridized carbons (Fsp3) is 0. The quantitative estimate of drug-likeness (QED) is 0.174. The third-order valence-corrected chi connectivity index (χ3v) is 11.9. The lowest BCUT2D eigenvalue weighted by Gasteiger charge is -2.27. The fourth-order valence-corrected chi connectivity index (χ4v) is 9.50. The second-order valence-electron chi connectivity index (χ2n) is 13.7. The van der Waals surface area contributed by atoms with Crippen LogP contribution in [0.4, 0.5) is 17.1 Å². The van der Waals surface area contributed by atoms with Gasteiger partial charge in [0.15, 0.2) is 0 Å². The van der Waals surface area contributed by atoms with E-state index in [2.05, 4.69) is 204 Å². The lowest BCUT2D eigenvalue weighted by Crippen LogP contribution is -2.10. The third-order valence-electron chi connectivity index (χ3n) is 10.7. The van der Waals surface area contributed by atoms with Gasteiger partial charge in [0.05, 0.1) is 16.7 Å². The van der Waals surface area contributed by atoms with Crippen LogP contribution in [0.25, 0.3) is 80.3 Å². The second kappa shape index (κ2) is 11.9. The van der Waals surface area contributed by atoms with Crippen LogP contribution in [-0.4, -0.2) is 4.57 Å². The maximum Gasteiger partial charge on any atom is 0.0541 e. The van der Waals surface area contributed by atoms with Crippen LogP contribution in [0.3, 0.4) is 0 Å². The van der Waals surface area contributed by atoms with Crippen LogP contribution in [-0.2, 0) is 0 Å². The molecule has 2 aromatic heterocycles. The molecule has 0 aliphatic carbocycles. The van der Waals surface area contributed by atoms with Gasteiger partial charge in [0.1, 0.15) is 0 Å². The molecule has 0 radical (unpaired) electrons. The average molecular weight is 693 g/mol. The minimum atomic E-state index is 1.12. The predicted octanol–water partition coefficient (Wildman–Crippen LogP) is 14.6. The number of fused-ring (bicyclic) bond motifs is 8. The molecule has 0 aliphatic heterocycles. The van der Waals surface area contributed by atoms with Crippen LogP contribution in [0, 0.1) is 0 Å². The summed E-state index contributed by atoms with van der Waals surface area (Å²) in [5, 5.41) is 10.0. The Morgan fingerprint density at radius 2 is 0.981 bits per heavy atom. The summed E-state index contributed by atoms with van der Waals surface area (Å²) >= 11 is 1.86. The van der Waals surface area contributed by atoms with E-state index >= 15 is 0 Å². The Hall–Kier alpha value is -6.68. The molecule has 3 heteroatoms. The van der Waals surface area contributed by atoms with E-state index in [1.165, 1.54) is 74.6 Å². The number of thiophene rings is 1. The van der Waals surface area contributed by atoms with Crippen molar-refractivity contribution < 1.29 is 0 Å². The minimum Gasteiger partial charge on any atom is -0.310 e. The predicted molar refractivity (Wildman–Crippen MR) is 229 cm³/mol. The van der Waals surface area contributed by atoms with Gasteiger partial charge in [-0.15, -0.1) is 11.3 Å². The van der Waals surface area contributed by atoms with Gasteiger partial charge >= 0.3 is 0 Å². The van der Waals surface area contributed by atoms with E-state index in [-0.39, 0.29) is 0 Å². The molecule has 0 amide bonds. The van der Waals surface area contributed by atoms with Gasteiger partial charge < -0.3 is 9.47 Å². The Kier molecular flexibility index (Phi) is 6.76. The molecule has 0 spiro atoms. The van der Waals surface area contributed by atoms with E-state index in [1.807, 2.05) is 11.3 Å². The number of hydrogen-bond donors (Lipinski definition) is 0. The zero-order valence-electron chi connectivity index (χ0n) is 28.8. The van der Waals surface area contributed by atoms with Crippen molar-refractivity contribution in [3.8, 4) is 16.8 Å². The molecule has 11 aromatic rings. The number of para-hydroxylation sites is 2. The van der Waals surface area contributed by atoms with Crippen LogP contribution >= 0.6 is 11.3 Å². The molecule has 2 heterocycles. The zero-order valence-corrected chi connectivity index (χ0v) is 29.6. The number of benzene rings is 9. The van der Waals surface area contributed by atoms with Crippen molar-refractivity contribution in [3.63, 3.8) is 0 Å². The molecule has 0 unspecified atom stereocenters. The highest BCUT2D eigenvalue weighted by molar-refractivity contribution is 7.25. The molecule has 9 aromatic carbocycles. The molecule has 0 N–H and O–H groups in total. The minimum absolute atomic E-state index is 1.12. The van der Waals surface area contributed by atoms with Crippen LogP contribution in [0.2, 0.25) is 0 Å². The zero-order chi connectivity index (χ0) is 34.9. The fourth-order valence-electron chi connectivity index (χ4n) is 8.36. The Labute approximate surface area is 311 Å². The van der Waals surface area contributed by atoms with Gasteiger partial charge in [-0.1, -0.05) is 133 Å². The first-order chi connectivity index (χ1) is 26.3. The van der Waals surface area contributed by atoms with Gasteiger partial charge in [-0.05, 0) is 87.9 Å². The first kappa shape index (κ1) is 30.0. The molecule has 0 saturated carbocycles. The number of nitrogens with zero attached hydrogens (tertiary/aromatic N) is 2. The lowest BCUT2D eigenvalue weighted by atomic mass is 9.96. The number of rotatable bonds is 5. The van der Waals surface area contributed by atoms with E-state index < -0.39 is 0 Å². The van der Waals surface area contributed by atoms with Crippen LogP contribution in [0.1, 0.15) is 0 Å². The second-order valence-corrected chi connectivity index (χ2v) is 14.8. The van der Waals surface area contributed by atoms with E-state index in [4.69, 9.17) is 0 Å². The Morgan fingerprint density at radius 3 is 1.79 bits per heavy atom. The SMILES string of the molecule is c1cc(-c2cc(-n3c4ccccc4c4ccccc43)cc3ccccc23)cc(N(c2ccc3c(c2)sc2ccccc23)c2cccc3ccccc23)c1. The topological polar surface area (TPSA) is 8.17 Å². The molecule has 248 valence electrons. The maximum atomic E-state index is 2.44. The van der Waals surface area contributed by atoms with Crippen molar-refractivity contribution in [2.45, 2.75) is 0 Å². The molecular formula is C50H32N2S. The van der Waals surface area contributed by atoms with Gasteiger partial charge in [0, 0.05) is 53.4 Å². The molecule has 0 atom stereocenters. The van der Waals surface area contributed by atoms with Gasteiger partial charge in [0.2, 0.25) is 0 Å². The third kappa shape index (κ3) is 4.78. The molecule has 0 fully saturated rings. The Morgan fingerprint density at radius 1 is 0.377 bits per heavy atom. The normalized spacial score (nSPS) is 11.8. The first-order valence-corrected chi connectivity index (χ1v) is 18.9. The van der Waals surface area contributed by atoms with Gasteiger partial charge in [-0.25, -0.2) is 0 Å². The van der Waals surface area contributed by atoms with E-state index in [0.717, 1.165) is 22.7 Å². The summed E-state index contributed by atoms with van der Waals surface area (Å²) in [5.74, 6) is 0. The van der Waals surface area contributed by atoms with Gasteiger partial charge in [-0.2, -0.15) is 0 Å². The van der Waals surface area contributed by atoms with Crippen LogP contribution in [0.5, 0.6) is 0 Å². The van der Waals surface area contributed by atoms with E-state index in [9.17, 15) is 0 Å². The summed E-state index contributed by atoms with van der Waals surface area (Å²) in [6.45, 7) is 0. The van der Waals surface area contributed by atoms with Crippen molar-refractivity contribution in [2.24, 2.45) is 0 Å². The number of anilines is 3. The highest BCUT2D eigenvalue weighted by atomic mass is 32.1. The summed E-state index contributed by atoms with van der Waals surface area (Å²) in [7, 11) is 0. The van der Waals surface area contributed by atoms with Crippen molar-refractivity contribution in [1.29, 1.82) is 0 Å². The molecule has 0 aliphatic rings. The monoisotopic (exact) mass is 692 g/mol. The molecule has 11 rings (SSSR count). The summed E-state index contributed by atoms with van der Waals surface area (Å²) in [5.41, 5.74) is 9.37. The Balaban J connectivity index is 1.14. The van der Waals surface area contributed by atoms with Crippen molar-refractivity contribution in [1.82, 2.24) is 4.57 Å². The molecule has 53 heavy (non-hydrogen) atoms. The maximum absolute atomic E-state index is 2.44. The first-order valence-electron chi connectivity index (χ1n) is 18.1.